The van der Waals surface area contributed by atoms with E-state index in [1.807, 2.05) is 60.5 Å². The molecule has 290 valence electrons. The van der Waals surface area contributed by atoms with E-state index in [1.54, 1.807) is 27.9 Å². The average Bonchev–Trinajstić information content (AvgIpc) is 3.42. The Bertz CT molecular complexity index is 1210. The van der Waals surface area contributed by atoms with Crippen molar-refractivity contribution in [3.05, 3.63) is 0 Å². The fourth-order valence-electron chi connectivity index (χ4n) is 9.81. The fraction of sp³-hybridized carbons (Fsp3) is 0.973. The van der Waals surface area contributed by atoms with Crippen LogP contribution in [0.25, 0.3) is 0 Å². The molecule has 3 bridgehead atoms. The van der Waals surface area contributed by atoms with Crippen LogP contribution in [-0.4, -0.2) is 137 Å². The molecule has 0 amide bonds. The molecule has 19 atom stereocenters. The quantitative estimate of drug-likeness (QED) is 0.331. The molecule has 0 aromatic carbocycles. The topological polar surface area (TPSA) is 155 Å². The summed E-state index contributed by atoms with van der Waals surface area (Å²) < 4.78 is 52.3. The summed E-state index contributed by atoms with van der Waals surface area (Å²) in [6.07, 6.45) is -6.22. The SMILES string of the molecule is CC[C@H]1OC(=O)[C@H](C)[C@@H](O[C@H]2C[C@@](C)(OC)[C@@H](O)[C@H](C)O2)[C@H](C)[C@@H](O[C@@H]2O[C@H](C)C[C@H](N(C)C)[C@H]2O)[C@@]2(C)C[C@@H](C)[C@@]3(O[C@@]1(C)[C@H](O)[C@H]3C)O2. The van der Waals surface area contributed by atoms with Gasteiger partial charge in [0.15, 0.2) is 18.4 Å². The lowest BCUT2D eigenvalue weighted by Gasteiger charge is -2.49. The number of aliphatic hydroxyl groups is 3. The van der Waals surface area contributed by atoms with E-state index in [1.165, 1.54) is 0 Å². The lowest BCUT2D eigenvalue weighted by Crippen LogP contribution is -2.61. The maximum Gasteiger partial charge on any atom is 0.311 e. The molecule has 50 heavy (non-hydrogen) atoms. The second-order valence-electron chi connectivity index (χ2n) is 16.9. The van der Waals surface area contributed by atoms with Gasteiger partial charge in [0.05, 0.1) is 47.6 Å². The number of rotatable bonds is 7. The third-order valence-electron chi connectivity index (χ3n) is 12.9. The van der Waals surface area contributed by atoms with Gasteiger partial charge in [0.2, 0.25) is 0 Å². The molecule has 5 aliphatic rings. The summed E-state index contributed by atoms with van der Waals surface area (Å²) in [5.41, 5.74) is -3.25. The summed E-state index contributed by atoms with van der Waals surface area (Å²) in [5.74, 6) is -3.80. The summed E-state index contributed by atoms with van der Waals surface area (Å²) in [6.45, 7) is 18.9. The van der Waals surface area contributed by atoms with Crippen LogP contribution in [0.1, 0.15) is 94.9 Å². The third-order valence-corrected chi connectivity index (χ3v) is 12.9. The molecule has 3 N–H and O–H groups in total. The highest BCUT2D eigenvalue weighted by atomic mass is 16.8. The van der Waals surface area contributed by atoms with Gasteiger partial charge in [-0.15, -0.1) is 0 Å². The number of aliphatic hydroxyl groups excluding tert-OH is 3. The highest BCUT2D eigenvalue weighted by Crippen LogP contribution is 2.59. The molecule has 0 aromatic heterocycles. The van der Waals surface area contributed by atoms with E-state index >= 15 is 0 Å². The second-order valence-corrected chi connectivity index (χ2v) is 16.9. The summed E-state index contributed by atoms with van der Waals surface area (Å²) >= 11 is 0. The first-order valence-electron chi connectivity index (χ1n) is 18.7. The zero-order chi connectivity index (χ0) is 37.3. The predicted octanol–water partition coefficient (Wildman–Crippen LogP) is 2.99. The minimum atomic E-state index is -1.25. The molecule has 5 heterocycles. The molecular formula is C37H65NO12. The molecule has 0 aliphatic carbocycles. The maximum atomic E-state index is 14.2. The Hall–Kier alpha value is -0.970. The van der Waals surface area contributed by atoms with Gasteiger partial charge in [-0.2, -0.15) is 0 Å². The highest BCUT2D eigenvalue weighted by Gasteiger charge is 2.71. The lowest BCUT2D eigenvalue weighted by molar-refractivity contribution is -0.344. The third kappa shape index (κ3) is 6.69. The monoisotopic (exact) mass is 715 g/mol. The molecular weight excluding hydrogens is 650 g/mol. The zero-order valence-corrected chi connectivity index (χ0v) is 32.5. The van der Waals surface area contributed by atoms with E-state index < -0.39 is 102 Å². The Morgan fingerprint density at radius 3 is 2.18 bits per heavy atom. The molecule has 0 unspecified atom stereocenters. The number of fused-ring (bicyclic) bond motifs is 2. The second kappa shape index (κ2) is 14.4. The van der Waals surface area contributed by atoms with Crippen LogP contribution in [0, 0.1) is 23.7 Å². The summed E-state index contributed by atoms with van der Waals surface area (Å²) in [4.78, 5) is 16.2. The Morgan fingerprint density at radius 2 is 1.58 bits per heavy atom. The Labute approximate surface area is 298 Å². The Kier molecular flexibility index (Phi) is 11.5. The van der Waals surface area contributed by atoms with Gasteiger partial charge < -0.3 is 58.1 Å². The largest absolute Gasteiger partial charge is 0.459 e. The molecule has 5 fully saturated rings. The zero-order valence-electron chi connectivity index (χ0n) is 32.5. The fourth-order valence-corrected chi connectivity index (χ4v) is 9.81. The molecule has 5 saturated heterocycles. The average molecular weight is 716 g/mol. The van der Waals surface area contributed by atoms with E-state index in [-0.39, 0.29) is 24.5 Å². The van der Waals surface area contributed by atoms with Crippen LogP contribution in [0.4, 0.5) is 0 Å². The maximum absolute atomic E-state index is 14.2. The van der Waals surface area contributed by atoms with Gasteiger partial charge in [0.25, 0.3) is 0 Å². The van der Waals surface area contributed by atoms with Crippen molar-refractivity contribution in [3.8, 4) is 0 Å². The number of likely N-dealkylation sites (N-methyl/N-ethyl adjacent to an activating group) is 1. The molecule has 0 radical (unpaired) electrons. The minimum Gasteiger partial charge on any atom is -0.459 e. The normalized spacial score (nSPS) is 54.7. The summed E-state index contributed by atoms with van der Waals surface area (Å²) in [7, 11) is 5.39. The molecule has 1 spiro atoms. The Balaban J connectivity index is 1.62. The number of ether oxygens (including phenoxy) is 8. The predicted molar refractivity (Wildman–Crippen MR) is 182 cm³/mol. The standard InChI is InChI=1S/C37H65NO12/c1-14-25-36(10)29(40)22(6)37(50-36)18(2)16-35(9,49-37)31(48-33-27(39)24(38(11)12)15-19(3)44-33)20(4)28(21(5)32(42)46-25)47-26-17-34(8,43-13)30(41)23(7)45-26/h18-31,33,39-41H,14-17H2,1-13H3/t18-,19-,20+,21-,22-,23+,24+,25-,26+,27-,28+,29-,30+,31-,33+,34-,35-,36-,37+/m1/s1. The molecule has 13 nitrogen and oxygen atoms in total. The number of methoxy groups -OCH3 is 1. The first kappa shape index (κ1) is 40.2. The van der Waals surface area contributed by atoms with Gasteiger partial charge in [-0.3, -0.25) is 4.79 Å². The van der Waals surface area contributed by atoms with Gasteiger partial charge >= 0.3 is 5.97 Å². The molecule has 0 aromatic rings. The van der Waals surface area contributed by atoms with Crippen molar-refractivity contribution in [3.63, 3.8) is 0 Å². The van der Waals surface area contributed by atoms with Crippen LogP contribution in [0.2, 0.25) is 0 Å². The van der Waals surface area contributed by atoms with Crippen LogP contribution < -0.4 is 0 Å². The van der Waals surface area contributed by atoms with E-state index in [0.717, 1.165) is 0 Å². The van der Waals surface area contributed by atoms with Gasteiger partial charge in [-0.25, -0.2) is 0 Å². The van der Waals surface area contributed by atoms with Crippen LogP contribution >= 0.6 is 0 Å². The van der Waals surface area contributed by atoms with Crippen LogP contribution in [0.5, 0.6) is 0 Å². The summed E-state index contributed by atoms with van der Waals surface area (Å²) in [5, 5.41) is 34.4. The van der Waals surface area contributed by atoms with Crippen LogP contribution in [0.3, 0.4) is 0 Å². The van der Waals surface area contributed by atoms with E-state index in [0.29, 0.717) is 19.3 Å². The number of cyclic esters (lactones) is 1. The van der Waals surface area contributed by atoms with Crippen LogP contribution in [-0.2, 0) is 42.7 Å². The first-order chi connectivity index (χ1) is 23.2. The van der Waals surface area contributed by atoms with E-state index in [2.05, 4.69) is 6.92 Å². The number of hydrogen-bond donors (Lipinski definition) is 3. The first-order valence-corrected chi connectivity index (χ1v) is 18.7. The number of esters is 1. The van der Waals surface area contributed by atoms with E-state index in [4.69, 9.17) is 37.9 Å². The number of carbonyl (C=O) groups is 1. The minimum absolute atomic E-state index is 0.194. The highest BCUT2D eigenvalue weighted by molar-refractivity contribution is 5.73. The molecule has 0 saturated carbocycles. The van der Waals surface area contributed by atoms with Gasteiger partial charge in [0.1, 0.15) is 23.9 Å². The van der Waals surface area contributed by atoms with Crippen molar-refractivity contribution in [1.29, 1.82) is 0 Å². The smallest absolute Gasteiger partial charge is 0.311 e. The van der Waals surface area contributed by atoms with Crippen molar-refractivity contribution in [2.45, 2.75) is 185 Å². The van der Waals surface area contributed by atoms with Gasteiger partial charge in [0, 0.05) is 37.3 Å². The van der Waals surface area contributed by atoms with Crippen molar-refractivity contribution < 1.29 is 58.0 Å². The van der Waals surface area contributed by atoms with E-state index in [9.17, 15) is 20.1 Å². The Morgan fingerprint density at radius 1 is 0.920 bits per heavy atom. The van der Waals surface area contributed by atoms with Gasteiger partial charge in [-0.05, 0) is 74.9 Å². The molecule has 13 heteroatoms. The summed E-state index contributed by atoms with van der Waals surface area (Å²) in [6, 6.07) is -0.218. The molecule has 5 rings (SSSR count). The van der Waals surface area contributed by atoms with Crippen molar-refractivity contribution in [2.24, 2.45) is 23.7 Å². The van der Waals surface area contributed by atoms with Gasteiger partial charge in [-0.1, -0.05) is 27.7 Å². The van der Waals surface area contributed by atoms with Crippen molar-refractivity contribution in [1.82, 2.24) is 4.90 Å². The van der Waals surface area contributed by atoms with Crippen molar-refractivity contribution >= 4 is 5.97 Å². The number of nitrogens with zero attached hydrogens (tertiary/aromatic N) is 1. The number of carbonyl (C=O) groups excluding carboxylic acids is 1. The van der Waals surface area contributed by atoms with Crippen molar-refractivity contribution in [2.75, 3.05) is 21.2 Å². The van der Waals surface area contributed by atoms with Crippen LogP contribution in [0.15, 0.2) is 0 Å². The number of hydrogen-bond acceptors (Lipinski definition) is 13. The lowest BCUT2D eigenvalue weighted by atomic mass is 9.77. The molecule has 5 aliphatic heterocycles.